The summed E-state index contributed by atoms with van der Waals surface area (Å²) < 4.78 is 5.43. The first-order valence-electron chi connectivity index (χ1n) is 4.29. The summed E-state index contributed by atoms with van der Waals surface area (Å²) in [5, 5.41) is 10.6. The Kier molecular flexibility index (Phi) is 2.73. The first-order valence-corrected chi connectivity index (χ1v) is 4.67. The molecule has 0 unspecified atom stereocenters. The highest BCUT2D eigenvalue weighted by Gasteiger charge is 2.04. The summed E-state index contributed by atoms with van der Waals surface area (Å²) >= 11 is 5.80. The summed E-state index contributed by atoms with van der Waals surface area (Å²) in [5.41, 5.74) is 6.10. The van der Waals surface area contributed by atoms with Crippen molar-refractivity contribution in [1.29, 1.82) is 0 Å². The molecule has 0 atom stereocenters. The molecule has 0 aliphatic heterocycles. The van der Waals surface area contributed by atoms with E-state index >= 15 is 0 Å². The van der Waals surface area contributed by atoms with Gasteiger partial charge in [0.1, 0.15) is 18.1 Å². The van der Waals surface area contributed by atoms with Gasteiger partial charge < -0.3 is 10.5 Å². The molecule has 1 heterocycles. The fraction of sp³-hybridized carbons (Fsp3) is 0.111. The van der Waals surface area contributed by atoms with Gasteiger partial charge in [0.2, 0.25) is 0 Å². The molecule has 1 aromatic heterocycles. The molecular formula is C9H9ClN4O. The van der Waals surface area contributed by atoms with Gasteiger partial charge in [-0.25, -0.2) is 0 Å². The fourth-order valence-electron chi connectivity index (χ4n) is 1.08. The lowest BCUT2D eigenvalue weighted by Gasteiger charge is -2.03. The lowest BCUT2D eigenvalue weighted by molar-refractivity contribution is 0.302. The van der Waals surface area contributed by atoms with E-state index in [0.717, 1.165) is 0 Å². The molecular weight excluding hydrogens is 216 g/mol. The molecule has 78 valence electrons. The minimum absolute atomic E-state index is 0.267. The molecule has 0 fully saturated rings. The number of ether oxygens (including phenoxy) is 1. The van der Waals surface area contributed by atoms with Crippen molar-refractivity contribution in [2.75, 3.05) is 5.73 Å². The highest BCUT2D eigenvalue weighted by molar-refractivity contribution is 6.30. The first kappa shape index (κ1) is 9.79. The first-order chi connectivity index (χ1) is 7.25. The third-order valence-electron chi connectivity index (χ3n) is 1.82. The van der Waals surface area contributed by atoms with Crippen LogP contribution in [0.3, 0.4) is 0 Å². The van der Waals surface area contributed by atoms with Gasteiger partial charge in [0.05, 0.1) is 0 Å². The maximum atomic E-state index is 5.80. The summed E-state index contributed by atoms with van der Waals surface area (Å²) in [5.74, 6) is 1.02. The second-order valence-electron chi connectivity index (χ2n) is 2.90. The Labute approximate surface area is 91.2 Å². The normalized spacial score (nSPS) is 10.2. The van der Waals surface area contributed by atoms with E-state index in [2.05, 4.69) is 15.4 Å². The molecule has 2 aromatic rings. The van der Waals surface area contributed by atoms with Gasteiger partial charge in [-0.15, -0.1) is 5.10 Å². The van der Waals surface area contributed by atoms with Crippen LogP contribution >= 0.6 is 11.6 Å². The third-order valence-corrected chi connectivity index (χ3v) is 2.06. The van der Waals surface area contributed by atoms with Crippen LogP contribution in [0, 0.1) is 0 Å². The van der Waals surface area contributed by atoms with Crippen molar-refractivity contribution in [3.05, 3.63) is 35.0 Å². The molecule has 6 heteroatoms. The number of anilines is 1. The van der Waals surface area contributed by atoms with Gasteiger partial charge in [-0.05, 0) is 18.2 Å². The van der Waals surface area contributed by atoms with Crippen molar-refractivity contribution in [2.45, 2.75) is 6.61 Å². The van der Waals surface area contributed by atoms with E-state index in [9.17, 15) is 0 Å². The molecule has 3 N–H and O–H groups in total. The molecule has 2 rings (SSSR count). The van der Waals surface area contributed by atoms with Crippen molar-refractivity contribution in [3.63, 3.8) is 0 Å². The second-order valence-corrected chi connectivity index (χ2v) is 3.34. The second kappa shape index (κ2) is 4.18. The standard InChI is InChI=1S/C9H9ClN4O/c10-6-2-1-3-7(4-6)15-5-8-9(11)13-14-12-8/h1-4H,5H2,(H3,11,12,13,14). The summed E-state index contributed by atoms with van der Waals surface area (Å²) in [6.07, 6.45) is 0. The number of nitrogen functional groups attached to an aromatic ring is 1. The van der Waals surface area contributed by atoms with Gasteiger partial charge in [0, 0.05) is 5.02 Å². The molecule has 0 radical (unpaired) electrons. The number of H-pyrrole nitrogens is 1. The van der Waals surface area contributed by atoms with Crippen molar-refractivity contribution in [1.82, 2.24) is 15.4 Å². The number of nitrogens with one attached hydrogen (secondary N) is 1. The van der Waals surface area contributed by atoms with Crippen molar-refractivity contribution in [3.8, 4) is 5.75 Å². The zero-order valence-corrected chi connectivity index (χ0v) is 8.53. The lowest BCUT2D eigenvalue weighted by Crippen LogP contribution is -1.99. The summed E-state index contributed by atoms with van der Waals surface area (Å²) in [7, 11) is 0. The van der Waals surface area contributed by atoms with E-state index in [4.69, 9.17) is 22.1 Å². The summed E-state index contributed by atoms with van der Waals surface area (Å²) in [4.78, 5) is 0. The van der Waals surface area contributed by atoms with Gasteiger partial charge >= 0.3 is 0 Å². The summed E-state index contributed by atoms with van der Waals surface area (Å²) in [6, 6.07) is 7.11. The van der Waals surface area contributed by atoms with Crippen molar-refractivity contribution >= 4 is 17.4 Å². The molecule has 0 saturated carbocycles. The van der Waals surface area contributed by atoms with E-state index < -0.39 is 0 Å². The number of aromatic nitrogens is 3. The molecule has 0 aliphatic carbocycles. The smallest absolute Gasteiger partial charge is 0.172 e. The number of aromatic amines is 1. The van der Waals surface area contributed by atoms with Gasteiger partial charge in [-0.2, -0.15) is 10.3 Å². The topological polar surface area (TPSA) is 76.8 Å². The van der Waals surface area contributed by atoms with E-state index in [0.29, 0.717) is 22.3 Å². The van der Waals surface area contributed by atoms with Crippen molar-refractivity contribution < 1.29 is 4.74 Å². The Hall–Kier alpha value is -1.75. The van der Waals surface area contributed by atoms with Crippen LogP contribution in [0.5, 0.6) is 5.75 Å². The zero-order valence-electron chi connectivity index (χ0n) is 7.77. The van der Waals surface area contributed by atoms with Crippen LogP contribution in [0.2, 0.25) is 5.02 Å². The van der Waals surface area contributed by atoms with Gasteiger partial charge in [0.25, 0.3) is 0 Å². The van der Waals surface area contributed by atoms with E-state index in [1.165, 1.54) is 0 Å². The Morgan fingerprint density at radius 2 is 2.27 bits per heavy atom. The molecule has 0 saturated heterocycles. The van der Waals surface area contributed by atoms with Crippen LogP contribution in [0.25, 0.3) is 0 Å². The average Bonchev–Trinajstić information content (AvgIpc) is 2.61. The fourth-order valence-corrected chi connectivity index (χ4v) is 1.26. The minimum atomic E-state index is 0.267. The van der Waals surface area contributed by atoms with Gasteiger partial charge in [-0.3, -0.25) is 0 Å². The SMILES string of the molecule is Nc1n[nH]nc1COc1cccc(Cl)c1. The maximum Gasteiger partial charge on any atom is 0.172 e. The maximum absolute atomic E-state index is 5.80. The minimum Gasteiger partial charge on any atom is -0.487 e. The Bertz CT molecular complexity index is 457. The predicted molar refractivity (Wildman–Crippen MR) is 56.6 cm³/mol. The molecule has 0 bridgehead atoms. The number of hydrogen-bond donors (Lipinski definition) is 2. The van der Waals surface area contributed by atoms with Crippen LogP contribution in [-0.4, -0.2) is 15.4 Å². The summed E-state index contributed by atoms with van der Waals surface area (Å²) in [6.45, 7) is 0.267. The number of halogens is 1. The van der Waals surface area contributed by atoms with E-state index in [-0.39, 0.29) is 6.61 Å². The molecule has 0 amide bonds. The highest BCUT2D eigenvalue weighted by Crippen LogP contribution is 2.18. The molecule has 0 spiro atoms. The Morgan fingerprint density at radius 1 is 1.40 bits per heavy atom. The monoisotopic (exact) mass is 224 g/mol. The molecule has 15 heavy (non-hydrogen) atoms. The molecule has 5 nitrogen and oxygen atoms in total. The molecule has 0 aliphatic rings. The highest BCUT2D eigenvalue weighted by atomic mass is 35.5. The largest absolute Gasteiger partial charge is 0.487 e. The Morgan fingerprint density at radius 3 is 2.93 bits per heavy atom. The number of nitrogens with zero attached hydrogens (tertiary/aromatic N) is 2. The number of benzene rings is 1. The number of hydrogen-bond acceptors (Lipinski definition) is 4. The average molecular weight is 225 g/mol. The lowest BCUT2D eigenvalue weighted by atomic mass is 10.3. The van der Waals surface area contributed by atoms with Gasteiger partial charge in [0.15, 0.2) is 5.82 Å². The van der Waals surface area contributed by atoms with Crippen molar-refractivity contribution in [2.24, 2.45) is 0 Å². The van der Waals surface area contributed by atoms with Gasteiger partial charge in [-0.1, -0.05) is 17.7 Å². The van der Waals surface area contributed by atoms with Crippen LogP contribution in [0.1, 0.15) is 5.69 Å². The van der Waals surface area contributed by atoms with Crippen LogP contribution in [-0.2, 0) is 6.61 Å². The molecule has 1 aromatic carbocycles. The third kappa shape index (κ3) is 2.38. The van der Waals surface area contributed by atoms with Crippen LogP contribution in [0.4, 0.5) is 5.82 Å². The quantitative estimate of drug-likeness (QED) is 0.831. The predicted octanol–water partition coefficient (Wildman–Crippen LogP) is 1.62. The van der Waals surface area contributed by atoms with E-state index in [1.54, 1.807) is 12.1 Å². The Balaban J connectivity index is 2.02. The van der Waals surface area contributed by atoms with E-state index in [1.807, 2.05) is 12.1 Å². The van der Waals surface area contributed by atoms with Crippen LogP contribution < -0.4 is 10.5 Å². The zero-order chi connectivity index (χ0) is 10.7. The van der Waals surface area contributed by atoms with Crippen LogP contribution in [0.15, 0.2) is 24.3 Å². The number of nitrogens with two attached hydrogens (primary N) is 1. The number of rotatable bonds is 3.